The molecule has 0 bridgehead atoms. The lowest BCUT2D eigenvalue weighted by molar-refractivity contribution is -0.137. The van der Waals surface area contributed by atoms with Gasteiger partial charge in [0.25, 0.3) is 15.9 Å². The molecule has 1 atom stereocenters. The second-order valence-electron chi connectivity index (χ2n) is 9.12. The number of unbranched alkanes of at least 4 members (excludes halogenated alkanes) is 2. The summed E-state index contributed by atoms with van der Waals surface area (Å²) in [6.07, 6.45) is 2.01. The molecule has 2 aromatic carbocycles. The molecule has 0 spiro atoms. The van der Waals surface area contributed by atoms with Gasteiger partial charge in [0, 0.05) is 17.0 Å². The van der Waals surface area contributed by atoms with Gasteiger partial charge in [-0.1, -0.05) is 31.4 Å². The number of alkyl halides is 3. The van der Waals surface area contributed by atoms with Gasteiger partial charge < -0.3 is 10.2 Å². The molecule has 0 heterocycles. The van der Waals surface area contributed by atoms with Crippen LogP contribution in [0.3, 0.4) is 0 Å². The summed E-state index contributed by atoms with van der Waals surface area (Å²) in [5.74, 6) is -2.37. The van der Waals surface area contributed by atoms with Crippen LogP contribution in [0.2, 0.25) is 0 Å². The largest absolute Gasteiger partial charge is 0.507 e. The number of phenolic OH excluding ortho intramolecular Hbond substituents is 2. The minimum absolute atomic E-state index is 0.0793. The molecule has 3 rings (SSSR count). The fourth-order valence-corrected chi connectivity index (χ4v) is 5.84. The van der Waals surface area contributed by atoms with Crippen molar-refractivity contribution in [3.63, 3.8) is 0 Å². The van der Waals surface area contributed by atoms with Crippen molar-refractivity contribution in [1.29, 1.82) is 0 Å². The van der Waals surface area contributed by atoms with E-state index in [1.807, 2.05) is 24.6 Å². The molecule has 0 saturated heterocycles. The first-order chi connectivity index (χ1) is 16.8. The van der Waals surface area contributed by atoms with Crippen molar-refractivity contribution in [3.05, 3.63) is 64.2 Å². The Bertz CT molecular complexity index is 1250. The quantitative estimate of drug-likeness (QED) is 0.282. The number of carbonyl (C=O) groups is 1. The fraction of sp³-hybridized carbons (Fsp3) is 0.423. The van der Waals surface area contributed by atoms with Crippen molar-refractivity contribution in [3.8, 4) is 11.5 Å². The summed E-state index contributed by atoms with van der Waals surface area (Å²) in [7, 11) is -4.64. The predicted molar refractivity (Wildman–Crippen MR) is 129 cm³/mol. The Hall–Kier alpha value is -3.01. The fourth-order valence-electron chi connectivity index (χ4n) is 4.50. The molecule has 36 heavy (non-hydrogen) atoms. The van der Waals surface area contributed by atoms with Gasteiger partial charge in [0.2, 0.25) is 0 Å². The SMILES string of the molecule is CCCCCc1cc(O)c(C2C=C(C)CCC2)c(O)c1S(=O)(=O)NC(=O)c1ccc(C(F)(F)F)cc1. The summed E-state index contributed by atoms with van der Waals surface area (Å²) in [4.78, 5) is 12.2. The molecular weight excluding hydrogens is 495 g/mol. The third kappa shape index (κ3) is 6.21. The summed E-state index contributed by atoms with van der Waals surface area (Å²) in [6.45, 7) is 3.89. The molecule has 0 aromatic heterocycles. The highest BCUT2D eigenvalue weighted by Crippen LogP contribution is 2.45. The van der Waals surface area contributed by atoms with Crippen LogP contribution in [0.1, 0.15) is 85.3 Å². The number of hydrogen-bond acceptors (Lipinski definition) is 5. The molecule has 1 unspecified atom stereocenters. The van der Waals surface area contributed by atoms with Crippen molar-refractivity contribution in [2.45, 2.75) is 75.8 Å². The molecule has 3 N–H and O–H groups in total. The molecule has 1 aliphatic carbocycles. The predicted octanol–water partition coefficient (Wildman–Crippen LogP) is 6.18. The van der Waals surface area contributed by atoms with Gasteiger partial charge in [0.05, 0.1) is 5.56 Å². The molecule has 6 nitrogen and oxygen atoms in total. The Morgan fingerprint density at radius 1 is 1.14 bits per heavy atom. The molecule has 196 valence electrons. The number of amides is 1. The normalized spacial score (nSPS) is 16.5. The van der Waals surface area contributed by atoms with Crippen LogP contribution in [-0.4, -0.2) is 24.5 Å². The molecule has 0 saturated carbocycles. The highest BCUT2D eigenvalue weighted by molar-refractivity contribution is 7.90. The summed E-state index contributed by atoms with van der Waals surface area (Å²) in [5, 5.41) is 21.9. The number of carbonyl (C=O) groups excluding carboxylic acids is 1. The van der Waals surface area contributed by atoms with E-state index in [0.717, 1.165) is 43.4 Å². The first-order valence-electron chi connectivity index (χ1n) is 11.8. The van der Waals surface area contributed by atoms with Gasteiger partial charge in [-0.15, -0.1) is 0 Å². The first kappa shape index (κ1) is 27.6. The molecule has 1 aliphatic rings. The van der Waals surface area contributed by atoms with Crippen LogP contribution in [0.15, 0.2) is 46.9 Å². The van der Waals surface area contributed by atoms with E-state index in [2.05, 4.69) is 0 Å². The van der Waals surface area contributed by atoms with Gasteiger partial charge in [-0.3, -0.25) is 4.79 Å². The van der Waals surface area contributed by atoms with Gasteiger partial charge in [-0.05, 0) is 74.9 Å². The number of aromatic hydroxyl groups is 2. The second-order valence-corrected chi connectivity index (χ2v) is 10.7. The Morgan fingerprint density at radius 2 is 1.81 bits per heavy atom. The van der Waals surface area contributed by atoms with Crippen LogP contribution < -0.4 is 4.72 Å². The zero-order chi connectivity index (χ0) is 26.7. The first-order valence-corrected chi connectivity index (χ1v) is 13.3. The number of rotatable bonds is 8. The van der Waals surface area contributed by atoms with E-state index in [0.29, 0.717) is 25.0 Å². The maximum absolute atomic E-state index is 13.4. The topological polar surface area (TPSA) is 104 Å². The second kappa shape index (κ2) is 10.9. The van der Waals surface area contributed by atoms with E-state index >= 15 is 0 Å². The Labute approximate surface area is 208 Å². The zero-order valence-electron chi connectivity index (χ0n) is 20.2. The lowest BCUT2D eigenvalue weighted by Crippen LogP contribution is -2.31. The van der Waals surface area contributed by atoms with Gasteiger partial charge in [-0.2, -0.15) is 13.2 Å². The van der Waals surface area contributed by atoms with E-state index in [1.54, 1.807) is 0 Å². The van der Waals surface area contributed by atoms with Crippen molar-refractivity contribution in [2.75, 3.05) is 0 Å². The third-order valence-electron chi connectivity index (χ3n) is 6.31. The molecule has 2 aromatic rings. The smallest absolute Gasteiger partial charge is 0.416 e. The zero-order valence-corrected chi connectivity index (χ0v) is 21.0. The average molecular weight is 526 g/mol. The van der Waals surface area contributed by atoms with E-state index in [9.17, 15) is 36.6 Å². The number of hydrogen-bond donors (Lipinski definition) is 3. The number of aryl methyl sites for hydroxylation is 1. The minimum atomic E-state index is -4.64. The third-order valence-corrected chi connectivity index (χ3v) is 7.76. The lowest BCUT2D eigenvalue weighted by Gasteiger charge is -2.24. The van der Waals surface area contributed by atoms with Crippen molar-refractivity contribution < 1.29 is 36.6 Å². The average Bonchev–Trinajstić information content (AvgIpc) is 2.78. The van der Waals surface area contributed by atoms with E-state index in [4.69, 9.17) is 0 Å². The summed E-state index contributed by atoms with van der Waals surface area (Å²) < 4.78 is 67.1. The maximum Gasteiger partial charge on any atom is 0.416 e. The molecule has 1 amide bonds. The van der Waals surface area contributed by atoms with Crippen molar-refractivity contribution in [1.82, 2.24) is 4.72 Å². The number of benzene rings is 2. The van der Waals surface area contributed by atoms with Crippen LogP contribution in [0.25, 0.3) is 0 Å². The Morgan fingerprint density at radius 3 is 2.39 bits per heavy atom. The van der Waals surface area contributed by atoms with Crippen LogP contribution in [-0.2, 0) is 22.6 Å². The lowest BCUT2D eigenvalue weighted by atomic mass is 9.84. The van der Waals surface area contributed by atoms with E-state index in [1.165, 1.54) is 6.07 Å². The monoisotopic (exact) mass is 525 g/mol. The molecule has 0 radical (unpaired) electrons. The van der Waals surface area contributed by atoms with Gasteiger partial charge in [-0.25, -0.2) is 13.1 Å². The number of nitrogens with one attached hydrogen (secondary N) is 1. The van der Waals surface area contributed by atoms with E-state index in [-0.39, 0.29) is 28.9 Å². The van der Waals surface area contributed by atoms with Crippen LogP contribution >= 0.6 is 0 Å². The van der Waals surface area contributed by atoms with Gasteiger partial charge in [0.15, 0.2) is 0 Å². The number of phenols is 2. The summed E-state index contributed by atoms with van der Waals surface area (Å²) >= 11 is 0. The standard InChI is InChI=1S/C26H30F3NO5S/c1-3-4-5-8-19-15-21(31)22(18-9-6-7-16(2)14-18)23(32)24(19)36(34,35)30-25(33)17-10-12-20(13-11-17)26(27,28)29/h10-15,18,31-32H,3-9H2,1-2H3,(H,30,33). The molecular formula is C26H30F3NO5S. The minimum Gasteiger partial charge on any atom is -0.507 e. The molecule has 10 heteroatoms. The highest BCUT2D eigenvalue weighted by atomic mass is 32.2. The van der Waals surface area contributed by atoms with Crippen LogP contribution in [0, 0.1) is 0 Å². The van der Waals surface area contributed by atoms with Crippen molar-refractivity contribution >= 4 is 15.9 Å². The summed E-state index contributed by atoms with van der Waals surface area (Å²) in [5.41, 5.74) is 0.0272. The Kier molecular flexibility index (Phi) is 8.38. The molecule has 0 aliphatic heterocycles. The highest BCUT2D eigenvalue weighted by Gasteiger charge is 2.33. The van der Waals surface area contributed by atoms with Crippen LogP contribution in [0.5, 0.6) is 11.5 Å². The van der Waals surface area contributed by atoms with Gasteiger partial charge >= 0.3 is 6.18 Å². The number of halogens is 3. The van der Waals surface area contributed by atoms with Crippen LogP contribution in [0.4, 0.5) is 13.2 Å². The van der Waals surface area contributed by atoms with Gasteiger partial charge in [0.1, 0.15) is 16.4 Å². The maximum atomic E-state index is 13.4. The number of allylic oxidation sites excluding steroid dienone is 2. The number of sulfonamides is 1. The summed E-state index contributed by atoms with van der Waals surface area (Å²) in [6, 6.07) is 4.46. The molecule has 0 fully saturated rings. The van der Waals surface area contributed by atoms with Crippen molar-refractivity contribution in [2.24, 2.45) is 0 Å². The Balaban J connectivity index is 2.03. The van der Waals surface area contributed by atoms with E-state index < -0.39 is 44.2 Å².